The number of H-pyrrole nitrogens is 1. The van der Waals surface area contributed by atoms with Gasteiger partial charge < -0.3 is 14.7 Å². The first-order valence-corrected chi connectivity index (χ1v) is 10.0. The molecule has 0 spiro atoms. The van der Waals surface area contributed by atoms with Crippen LogP contribution in [-0.2, 0) is 22.9 Å². The number of carbonyl (C=O) groups is 1. The van der Waals surface area contributed by atoms with Crippen LogP contribution in [0.5, 0.6) is 0 Å². The van der Waals surface area contributed by atoms with Crippen molar-refractivity contribution in [3.63, 3.8) is 0 Å². The van der Waals surface area contributed by atoms with E-state index >= 15 is 0 Å². The number of aromatic amines is 1. The minimum atomic E-state index is -4.50. The van der Waals surface area contributed by atoms with Crippen molar-refractivity contribution < 1.29 is 32.2 Å². The Bertz CT molecular complexity index is 1100. The van der Waals surface area contributed by atoms with E-state index in [1.54, 1.807) is 12.1 Å². The summed E-state index contributed by atoms with van der Waals surface area (Å²) in [7, 11) is 0. The second kappa shape index (κ2) is 8.42. The lowest BCUT2D eigenvalue weighted by Gasteiger charge is -2.41. The van der Waals surface area contributed by atoms with E-state index in [9.17, 15) is 27.5 Å². The summed E-state index contributed by atoms with van der Waals surface area (Å²) in [5.74, 6) is -0.390. The molecule has 0 saturated carbocycles. The summed E-state index contributed by atoms with van der Waals surface area (Å²) in [6.45, 7) is 0.626. The Morgan fingerprint density at radius 1 is 1.19 bits per heavy atom. The van der Waals surface area contributed by atoms with Gasteiger partial charge in [0.1, 0.15) is 5.82 Å². The van der Waals surface area contributed by atoms with Gasteiger partial charge in [-0.2, -0.15) is 18.3 Å². The van der Waals surface area contributed by atoms with Crippen molar-refractivity contribution in [3.8, 4) is 0 Å². The summed E-state index contributed by atoms with van der Waals surface area (Å²) in [6, 6.07) is 8.03. The van der Waals surface area contributed by atoms with Crippen LogP contribution in [0.3, 0.4) is 0 Å². The molecule has 0 unspecified atom stereocenters. The number of likely N-dealkylation sites (tertiary alicyclic amines) is 1. The average molecular weight is 451 g/mol. The molecule has 2 N–H and O–H groups in total. The normalized spacial score (nSPS) is 16.4. The summed E-state index contributed by atoms with van der Waals surface area (Å²) in [5, 5.41) is 16.1. The highest BCUT2D eigenvalue weighted by Crippen LogP contribution is 2.37. The van der Waals surface area contributed by atoms with Crippen molar-refractivity contribution in [1.82, 2.24) is 15.1 Å². The fourth-order valence-electron chi connectivity index (χ4n) is 4.21. The number of amides is 1. The topological polar surface area (TPSA) is 78.4 Å². The number of piperidine rings is 1. The molecule has 0 bridgehead atoms. The van der Waals surface area contributed by atoms with Gasteiger partial charge in [0.05, 0.1) is 30.5 Å². The molecular formula is C22H21F4N3O3. The fourth-order valence-corrected chi connectivity index (χ4v) is 4.21. The minimum absolute atomic E-state index is 0.0891. The third-order valence-electron chi connectivity index (χ3n) is 6.04. The maximum atomic E-state index is 13.5. The molecule has 3 aromatic rings. The smallest absolute Gasteiger partial charge is 0.416 e. The second-order valence-corrected chi connectivity index (χ2v) is 8.02. The number of aromatic nitrogens is 2. The van der Waals surface area contributed by atoms with Crippen LogP contribution in [-0.4, -0.2) is 46.0 Å². The first-order chi connectivity index (χ1) is 15.2. The molecule has 32 heavy (non-hydrogen) atoms. The number of rotatable bonds is 5. The van der Waals surface area contributed by atoms with Gasteiger partial charge in [-0.1, -0.05) is 12.1 Å². The van der Waals surface area contributed by atoms with Gasteiger partial charge in [-0.3, -0.25) is 5.10 Å². The number of hydrogen-bond acceptors (Lipinski definition) is 3. The van der Waals surface area contributed by atoms with Crippen LogP contribution in [0.15, 0.2) is 42.6 Å². The number of ether oxygens (including phenoxy) is 1. The Balaban J connectivity index is 1.56. The zero-order chi connectivity index (χ0) is 22.9. The van der Waals surface area contributed by atoms with Gasteiger partial charge in [0.2, 0.25) is 0 Å². The van der Waals surface area contributed by atoms with E-state index in [2.05, 4.69) is 10.2 Å². The molecule has 6 nitrogen and oxygen atoms in total. The third-order valence-corrected chi connectivity index (χ3v) is 6.04. The van der Waals surface area contributed by atoms with E-state index in [1.807, 2.05) is 0 Å². The maximum Gasteiger partial charge on any atom is 0.416 e. The van der Waals surface area contributed by atoms with E-state index in [1.165, 1.54) is 23.2 Å². The molecule has 1 aliphatic rings. The Morgan fingerprint density at radius 3 is 2.50 bits per heavy atom. The number of benzene rings is 2. The lowest BCUT2D eigenvalue weighted by molar-refractivity contribution is -0.137. The summed E-state index contributed by atoms with van der Waals surface area (Å²) in [5.41, 5.74) is 0.237. The van der Waals surface area contributed by atoms with Crippen LogP contribution in [0.25, 0.3) is 10.9 Å². The molecule has 0 atom stereocenters. The fraction of sp³-hybridized carbons (Fsp3) is 0.364. The predicted molar refractivity (Wildman–Crippen MR) is 108 cm³/mol. The van der Waals surface area contributed by atoms with Gasteiger partial charge in [-0.05, 0) is 42.7 Å². The molecular weight excluding hydrogens is 430 g/mol. The summed E-state index contributed by atoms with van der Waals surface area (Å²) in [4.78, 5) is 12.6. The van der Waals surface area contributed by atoms with E-state index in [0.29, 0.717) is 29.3 Å². The zero-order valence-electron chi connectivity index (χ0n) is 17.0. The molecule has 170 valence electrons. The van der Waals surface area contributed by atoms with E-state index in [4.69, 9.17) is 4.74 Å². The van der Waals surface area contributed by atoms with Crippen LogP contribution >= 0.6 is 0 Å². The summed E-state index contributed by atoms with van der Waals surface area (Å²) >= 11 is 0. The third kappa shape index (κ3) is 4.40. The number of hydrogen-bond donors (Lipinski definition) is 2. The molecule has 10 heteroatoms. The Kier molecular flexibility index (Phi) is 5.81. The first-order valence-electron chi connectivity index (χ1n) is 10.0. The molecule has 4 rings (SSSR count). The predicted octanol–water partition coefficient (Wildman–Crippen LogP) is 4.95. The summed E-state index contributed by atoms with van der Waals surface area (Å²) < 4.78 is 59.2. The highest BCUT2D eigenvalue weighted by atomic mass is 19.4. The first kappa shape index (κ1) is 22.1. The van der Waals surface area contributed by atoms with Gasteiger partial charge >= 0.3 is 12.3 Å². The number of nitrogens with zero attached hydrogens (tertiary/aromatic N) is 2. The molecule has 1 saturated heterocycles. The average Bonchev–Trinajstić information content (AvgIpc) is 3.23. The maximum absolute atomic E-state index is 13.5. The van der Waals surface area contributed by atoms with Gasteiger partial charge in [-0.25, -0.2) is 9.18 Å². The second-order valence-electron chi connectivity index (χ2n) is 8.02. The Morgan fingerprint density at radius 2 is 1.88 bits per heavy atom. The van der Waals surface area contributed by atoms with E-state index in [0.717, 1.165) is 17.7 Å². The van der Waals surface area contributed by atoms with Gasteiger partial charge in [0, 0.05) is 29.5 Å². The van der Waals surface area contributed by atoms with Crippen LogP contribution < -0.4 is 0 Å². The van der Waals surface area contributed by atoms with Gasteiger partial charge in [-0.15, -0.1) is 0 Å². The lowest BCUT2D eigenvalue weighted by Crippen LogP contribution is -2.47. The van der Waals surface area contributed by atoms with Crippen molar-refractivity contribution >= 4 is 17.0 Å². The molecule has 1 fully saturated rings. The number of carboxylic acid groups (broad SMARTS) is 1. The molecule has 1 aliphatic heterocycles. The highest BCUT2D eigenvalue weighted by Gasteiger charge is 2.38. The van der Waals surface area contributed by atoms with Gasteiger partial charge in [0.15, 0.2) is 0 Å². The molecule has 2 aromatic carbocycles. The molecule has 2 heterocycles. The number of halogens is 4. The van der Waals surface area contributed by atoms with Crippen molar-refractivity contribution in [1.29, 1.82) is 0 Å². The summed E-state index contributed by atoms with van der Waals surface area (Å²) in [6.07, 6.45) is -3.28. The Hall–Kier alpha value is -3.14. The van der Waals surface area contributed by atoms with Crippen LogP contribution in [0, 0.1) is 5.82 Å². The molecule has 1 amide bonds. The van der Waals surface area contributed by atoms with Crippen LogP contribution in [0.2, 0.25) is 0 Å². The molecule has 1 aromatic heterocycles. The number of nitrogens with one attached hydrogen (secondary N) is 1. The van der Waals surface area contributed by atoms with Crippen molar-refractivity contribution in [3.05, 3.63) is 65.1 Å². The molecule has 0 aliphatic carbocycles. The lowest BCUT2D eigenvalue weighted by atomic mass is 9.73. The molecule has 0 radical (unpaired) electrons. The largest absolute Gasteiger partial charge is 0.465 e. The van der Waals surface area contributed by atoms with E-state index < -0.39 is 29.1 Å². The van der Waals surface area contributed by atoms with Crippen LogP contribution in [0.1, 0.15) is 29.5 Å². The van der Waals surface area contributed by atoms with Crippen LogP contribution in [0.4, 0.5) is 22.4 Å². The number of alkyl halides is 3. The highest BCUT2D eigenvalue weighted by molar-refractivity contribution is 5.82. The zero-order valence-corrected chi connectivity index (χ0v) is 17.0. The minimum Gasteiger partial charge on any atom is -0.465 e. The quantitative estimate of drug-likeness (QED) is 0.538. The Labute approximate surface area is 180 Å². The number of fused-ring (bicyclic) bond motifs is 1. The van der Waals surface area contributed by atoms with Crippen molar-refractivity contribution in [2.75, 3.05) is 19.7 Å². The van der Waals surface area contributed by atoms with Gasteiger partial charge in [0.25, 0.3) is 0 Å². The van der Waals surface area contributed by atoms with E-state index in [-0.39, 0.29) is 26.3 Å². The SMILES string of the molecule is O=C(O)N1CCC(COCc2cc(C(F)(F)F)cc3cn[nH]c23)(c2ccc(F)cc2)CC1. The van der Waals surface area contributed by atoms with Crippen molar-refractivity contribution in [2.24, 2.45) is 0 Å². The standard InChI is InChI=1S/C22H21F4N3O3/c23-18-3-1-16(2-4-18)21(5-7-29(8-6-21)20(30)31)13-32-12-15-10-17(22(24,25)26)9-14-11-27-28-19(14)15/h1-4,9-11H,5-8,12-13H2,(H,27,28)(H,30,31). The van der Waals surface area contributed by atoms with Crippen molar-refractivity contribution in [2.45, 2.75) is 31.0 Å². The monoisotopic (exact) mass is 451 g/mol.